The van der Waals surface area contributed by atoms with E-state index < -0.39 is 10.9 Å². The first kappa shape index (κ1) is 19.6. The lowest BCUT2D eigenvalue weighted by atomic mass is 9.97. The van der Waals surface area contributed by atoms with Gasteiger partial charge in [0.15, 0.2) is 6.61 Å². The first-order chi connectivity index (χ1) is 12.5. The molecule has 1 amide bonds. The number of ether oxygens (including phenoxy) is 1. The molecule has 1 N–H and O–H groups in total. The number of nitrogens with one attached hydrogen (secondary N) is 1. The Kier molecular flexibility index (Phi) is 7.79. The number of nitro benzene ring substituents is 1. The molecule has 1 saturated carbocycles. The number of esters is 1. The largest absolute Gasteiger partial charge is 0.452 e. The second-order valence-electron chi connectivity index (χ2n) is 6.40. The SMILES string of the molecule is O=C(COC(=O)C=Cc1ccc([N+](=O)[O-])cc1)NC1CCCCCCC1. The van der Waals surface area contributed by atoms with Gasteiger partial charge in [-0.25, -0.2) is 4.79 Å². The standard InChI is InChI=1S/C19H24N2O5/c22-18(20-16-6-4-2-1-3-5-7-16)14-26-19(23)13-10-15-8-11-17(12-9-15)21(24)25/h8-13,16H,1-7,14H2,(H,20,22). The van der Waals surface area contributed by atoms with Gasteiger partial charge in [0, 0.05) is 24.3 Å². The highest BCUT2D eigenvalue weighted by molar-refractivity contribution is 5.89. The molecule has 0 unspecified atom stereocenters. The van der Waals surface area contributed by atoms with Gasteiger partial charge in [-0.3, -0.25) is 14.9 Å². The molecule has 1 aliphatic rings. The van der Waals surface area contributed by atoms with Crippen molar-refractivity contribution in [1.82, 2.24) is 5.32 Å². The molecular weight excluding hydrogens is 336 g/mol. The number of hydrogen-bond donors (Lipinski definition) is 1. The fraction of sp³-hybridized carbons (Fsp3) is 0.474. The normalized spacial score (nSPS) is 15.8. The van der Waals surface area contributed by atoms with E-state index >= 15 is 0 Å². The molecule has 0 heterocycles. The summed E-state index contributed by atoms with van der Waals surface area (Å²) in [5, 5.41) is 13.5. The summed E-state index contributed by atoms with van der Waals surface area (Å²) < 4.78 is 4.94. The zero-order valence-electron chi connectivity index (χ0n) is 14.7. The van der Waals surface area contributed by atoms with Crippen LogP contribution in [0.4, 0.5) is 5.69 Å². The smallest absolute Gasteiger partial charge is 0.331 e. The minimum absolute atomic E-state index is 0.0180. The number of nitro groups is 1. The lowest BCUT2D eigenvalue weighted by Crippen LogP contribution is -2.37. The number of hydrogen-bond acceptors (Lipinski definition) is 5. The number of benzene rings is 1. The molecule has 1 fully saturated rings. The number of rotatable bonds is 6. The highest BCUT2D eigenvalue weighted by Crippen LogP contribution is 2.17. The first-order valence-electron chi connectivity index (χ1n) is 8.93. The molecule has 0 aromatic heterocycles. The Hall–Kier alpha value is -2.70. The number of carbonyl (C=O) groups is 2. The molecule has 7 nitrogen and oxygen atoms in total. The van der Waals surface area contributed by atoms with Crippen LogP contribution in [-0.2, 0) is 14.3 Å². The van der Waals surface area contributed by atoms with Crippen LogP contribution in [0.5, 0.6) is 0 Å². The van der Waals surface area contributed by atoms with E-state index in [-0.39, 0.29) is 24.2 Å². The van der Waals surface area contributed by atoms with E-state index in [4.69, 9.17) is 4.74 Å². The van der Waals surface area contributed by atoms with Crippen LogP contribution in [0.2, 0.25) is 0 Å². The van der Waals surface area contributed by atoms with Gasteiger partial charge in [-0.15, -0.1) is 0 Å². The van der Waals surface area contributed by atoms with Crippen molar-refractivity contribution in [3.63, 3.8) is 0 Å². The van der Waals surface area contributed by atoms with Gasteiger partial charge in [0.05, 0.1) is 4.92 Å². The zero-order chi connectivity index (χ0) is 18.8. The molecule has 0 radical (unpaired) electrons. The summed E-state index contributed by atoms with van der Waals surface area (Å²) in [5.41, 5.74) is 0.613. The Balaban J connectivity index is 1.73. The van der Waals surface area contributed by atoms with Gasteiger partial charge in [0.2, 0.25) is 0 Å². The van der Waals surface area contributed by atoms with Crippen LogP contribution in [0, 0.1) is 10.1 Å². The Bertz CT molecular complexity index is 646. The number of non-ortho nitro benzene ring substituents is 1. The van der Waals surface area contributed by atoms with Crippen LogP contribution in [0.25, 0.3) is 6.08 Å². The third kappa shape index (κ3) is 7.04. The van der Waals surface area contributed by atoms with E-state index in [1.165, 1.54) is 55.7 Å². The molecule has 0 atom stereocenters. The molecule has 0 spiro atoms. The molecule has 2 rings (SSSR count). The van der Waals surface area contributed by atoms with Crippen LogP contribution in [0.15, 0.2) is 30.3 Å². The van der Waals surface area contributed by atoms with Gasteiger partial charge < -0.3 is 10.1 Å². The van der Waals surface area contributed by atoms with Crippen LogP contribution >= 0.6 is 0 Å². The summed E-state index contributed by atoms with van der Waals surface area (Å²) in [7, 11) is 0. The molecule has 0 aliphatic heterocycles. The second-order valence-corrected chi connectivity index (χ2v) is 6.40. The molecule has 26 heavy (non-hydrogen) atoms. The van der Waals surface area contributed by atoms with Crippen LogP contribution in [-0.4, -0.2) is 29.4 Å². The van der Waals surface area contributed by atoms with Crippen molar-refractivity contribution in [2.24, 2.45) is 0 Å². The summed E-state index contributed by atoms with van der Waals surface area (Å²) >= 11 is 0. The highest BCUT2D eigenvalue weighted by Gasteiger charge is 2.14. The fourth-order valence-corrected chi connectivity index (χ4v) is 2.93. The van der Waals surface area contributed by atoms with Crippen LogP contribution < -0.4 is 5.32 Å². The number of nitrogens with zero attached hydrogens (tertiary/aromatic N) is 1. The predicted octanol–water partition coefficient (Wildman–Crippen LogP) is 3.38. The van der Waals surface area contributed by atoms with Gasteiger partial charge in [0.25, 0.3) is 11.6 Å². The molecule has 1 aromatic carbocycles. The Morgan fingerprint density at radius 2 is 1.73 bits per heavy atom. The molecule has 1 aliphatic carbocycles. The zero-order valence-corrected chi connectivity index (χ0v) is 14.7. The summed E-state index contributed by atoms with van der Waals surface area (Å²) in [6, 6.07) is 5.94. The van der Waals surface area contributed by atoms with Crippen LogP contribution in [0.1, 0.15) is 50.5 Å². The van der Waals surface area contributed by atoms with Gasteiger partial charge >= 0.3 is 5.97 Å². The van der Waals surface area contributed by atoms with Crippen LogP contribution in [0.3, 0.4) is 0 Å². The monoisotopic (exact) mass is 360 g/mol. The third-order valence-corrected chi connectivity index (χ3v) is 4.33. The Morgan fingerprint density at radius 1 is 1.12 bits per heavy atom. The van der Waals surface area contributed by atoms with E-state index in [1.54, 1.807) is 0 Å². The lowest BCUT2D eigenvalue weighted by Gasteiger charge is -2.20. The van der Waals surface area contributed by atoms with Crippen molar-refractivity contribution in [2.45, 2.75) is 51.0 Å². The van der Waals surface area contributed by atoms with Crippen molar-refractivity contribution < 1.29 is 19.2 Å². The topological polar surface area (TPSA) is 98.5 Å². The van der Waals surface area contributed by atoms with Gasteiger partial charge in [0.1, 0.15) is 0 Å². The maximum Gasteiger partial charge on any atom is 0.331 e. The molecule has 1 aromatic rings. The molecule has 7 heteroatoms. The average Bonchev–Trinajstić information content (AvgIpc) is 2.60. The van der Waals surface area contributed by atoms with Crippen molar-refractivity contribution in [3.8, 4) is 0 Å². The number of amides is 1. The molecule has 0 saturated heterocycles. The van der Waals surface area contributed by atoms with Crippen molar-refractivity contribution >= 4 is 23.6 Å². The summed E-state index contributed by atoms with van der Waals surface area (Å²) in [6.45, 7) is -0.306. The van der Waals surface area contributed by atoms with Crippen molar-refractivity contribution in [3.05, 3.63) is 46.0 Å². The minimum atomic E-state index is -0.629. The maximum absolute atomic E-state index is 11.9. The van der Waals surface area contributed by atoms with Crippen molar-refractivity contribution in [1.29, 1.82) is 0 Å². The minimum Gasteiger partial charge on any atom is -0.452 e. The van der Waals surface area contributed by atoms with E-state index in [0.29, 0.717) is 5.56 Å². The quantitative estimate of drug-likeness (QED) is 0.363. The Labute approximate surface area is 152 Å². The third-order valence-electron chi connectivity index (χ3n) is 4.33. The highest BCUT2D eigenvalue weighted by atomic mass is 16.6. The fourth-order valence-electron chi connectivity index (χ4n) is 2.93. The van der Waals surface area contributed by atoms with Gasteiger partial charge in [-0.2, -0.15) is 0 Å². The van der Waals surface area contributed by atoms with Crippen molar-refractivity contribution in [2.75, 3.05) is 6.61 Å². The molecular formula is C19H24N2O5. The van der Waals surface area contributed by atoms with E-state index in [1.807, 2.05) is 0 Å². The van der Waals surface area contributed by atoms with E-state index in [2.05, 4.69) is 5.32 Å². The lowest BCUT2D eigenvalue weighted by molar-refractivity contribution is -0.384. The molecule has 0 bridgehead atoms. The number of carbonyl (C=O) groups excluding carboxylic acids is 2. The summed E-state index contributed by atoms with van der Waals surface area (Å²) in [6.07, 6.45) is 10.5. The summed E-state index contributed by atoms with van der Waals surface area (Å²) in [5.74, 6) is -0.913. The summed E-state index contributed by atoms with van der Waals surface area (Å²) in [4.78, 5) is 33.7. The Morgan fingerprint density at radius 3 is 2.35 bits per heavy atom. The molecule has 140 valence electrons. The first-order valence-corrected chi connectivity index (χ1v) is 8.93. The van der Waals surface area contributed by atoms with Gasteiger partial charge in [-0.1, -0.05) is 32.1 Å². The second kappa shape index (κ2) is 10.3. The van der Waals surface area contributed by atoms with Gasteiger partial charge in [-0.05, 0) is 36.6 Å². The van der Waals surface area contributed by atoms with E-state index in [0.717, 1.165) is 25.7 Å². The van der Waals surface area contributed by atoms with E-state index in [9.17, 15) is 19.7 Å². The average molecular weight is 360 g/mol. The predicted molar refractivity (Wildman–Crippen MR) is 97.3 cm³/mol. The maximum atomic E-state index is 11.9.